The fraction of sp³-hybridized carbons (Fsp3) is 0.316. The fourth-order valence-corrected chi connectivity index (χ4v) is 3.91. The predicted octanol–water partition coefficient (Wildman–Crippen LogP) is 3.97. The Labute approximate surface area is 141 Å². The van der Waals surface area contributed by atoms with Crippen molar-refractivity contribution < 1.29 is 14.0 Å². The molecule has 0 aromatic heterocycles. The summed E-state index contributed by atoms with van der Waals surface area (Å²) in [5.74, 6) is 2.92. The van der Waals surface area contributed by atoms with E-state index in [2.05, 4.69) is 35.8 Å². The van der Waals surface area contributed by atoms with Gasteiger partial charge in [0.1, 0.15) is 11.5 Å². The molecule has 2 aromatic carbocycles. The third kappa shape index (κ3) is 3.37. The highest BCUT2D eigenvalue weighted by atomic mass is 32.2. The Morgan fingerprint density at radius 1 is 0.870 bits per heavy atom. The van der Waals surface area contributed by atoms with Gasteiger partial charge in [-0.2, -0.15) is 0 Å². The highest BCUT2D eigenvalue weighted by Crippen LogP contribution is 2.31. The second-order valence-corrected chi connectivity index (χ2v) is 6.80. The largest absolute Gasteiger partial charge is 0.497 e. The summed E-state index contributed by atoms with van der Waals surface area (Å²) >= 11 is 1.93. The van der Waals surface area contributed by atoms with Crippen molar-refractivity contribution in [2.24, 2.45) is 0 Å². The van der Waals surface area contributed by atoms with E-state index in [0.717, 1.165) is 23.8 Å². The smallest absolute Gasteiger partial charge is 0.208 e. The molecule has 0 saturated heterocycles. The molecule has 1 aliphatic heterocycles. The van der Waals surface area contributed by atoms with Crippen LogP contribution in [0.1, 0.15) is 24.1 Å². The van der Waals surface area contributed by atoms with E-state index in [1.807, 2.05) is 36.0 Å². The standard InChI is InChI=1S/C19H22NO2S/c1-14-20(12-13-23-14)19(15-4-8-17(21-2)9-5-15)16-6-10-18(22-3)11-7-16/h4-11,19H,12-13H2,1-3H3/q+1. The van der Waals surface area contributed by atoms with Gasteiger partial charge in [-0.3, -0.25) is 0 Å². The Hall–Kier alpha value is -1.94. The van der Waals surface area contributed by atoms with Gasteiger partial charge >= 0.3 is 0 Å². The average molecular weight is 328 g/mol. The molecule has 0 N–H and O–H groups in total. The molecule has 1 heterocycles. The van der Waals surface area contributed by atoms with Gasteiger partial charge in [-0.25, -0.2) is 4.58 Å². The summed E-state index contributed by atoms with van der Waals surface area (Å²) in [5, 5.41) is 1.38. The first-order chi connectivity index (χ1) is 11.2. The summed E-state index contributed by atoms with van der Waals surface area (Å²) in [5.41, 5.74) is 2.55. The molecule has 1 aliphatic rings. The Morgan fingerprint density at radius 3 is 1.70 bits per heavy atom. The molecule has 0 spiro atoms. The second-order valence-electron chi connectivity index (χ2n) is 5.51. The van der Waals surface area contributed by atoms with E-state index in [4.69, 9.17) is 9.47 Å². The molecule has 2 aromatic rings. The molecule has 0 bridgehead atoms. The van der Waals surface area contributed by atoms with E-state index in [1.165, 1.54) is 16.2 Å². The van der Waals surface area contributed by atoms with Gasteiger partial charge in [0, 0.05) is 18.1 Å². The van der Waals surface area contributed by atoms with Crippen molar-refractivity contribution in [3.63, 3.8) is 0 Å². The third-order valence-electron chi connectivity index (χ3n) is 4.22. The molecule has 0 saturated carbocycles. The summed E-state index contributed by atoms with van der Waals surface area (Å²) < 4.78 is 13.1. The van der Waals surface area contributed by atoms with Crippen LogP contribution in [0.5, 0.6) is 11.5 Å². The zero-order chi connectivity index (χ0) is 16.2. The summed E-state index contributed by atoms with van der Waals surface area (Å²) in [6.45, 7) is 3.27. The number of ether oxygens (including phenoxy) is 2. The van der Waals surface area contributed by atoms with Crippen LogP contribution < -0.4 is 9.47 Å². The Morgan fingerprint density at radius 2 is 1.35 bits per heavy atom. The van der Waals surface area contributed by atoms with Gasteiger partial charge < -0.3 is 9.47 Å². The van der Waals surface area contributed by atoms with E-state index in [9.17, 15) is 0 Å². The van der Waals surface area contributed by atoms with Gasteiger partial charge in [0.15, 0.2) is 6.54 Å². The minimum Gasteiger partial charge on any atom is -0.497 e. The summed E-state index contributed by atoms with van der Waals surface area (Å²) in [6.07, 6.45) is 0. The minimum atomic E-state index is 0.224. The number of benzene rings is 2. The van der Waals surface area contributed by atoms with E-state index in [1.54, 1.807) is 14.2 Å². The monoisotopic (exact) mass is 328 g/mol. The molecule has 120 valence electrons. The lowest BCUT2D eigenvalue weighted by Gasteiger charge is -2.16. The number of nitrogens with zero attached hydrogens (tertiary/aromatic N) is 1. The average Bonchev–Trinajstić information content (AvgIpc) is 3.02. The molecule has 4 heteroatoms. The first-order valence-electron chi connectivity index (χ1n) is 7.74. The normalized spacial score (nSPS) is 14.4. The summed E-state index contributed by atoms with van der Waals surface area (Å²) in [7, 11) is 3.40. The summed E-state index contributed by atoms with van der Waals surface area (Å²) in [6, 6.07) is 17.0. The number of hydrogen-bond acceptors (Lipinski definition) is 3. The van der Waals surface area contributed by atoms with Crippen LogP contribution in [0.15, 0.2) is 48.5 Å². The highest BCUT2D eigenvalue weighted by molar-refractivity contribution is 8.13. The molecule has 3 nitrogen and oxygen atoms in total. The van der Waals surface area contributed by atoms with Crippen LogP contribution in [0.25, 0.3) is 0 Å². The van der Waals surface area contributed by atoms with Crippen LogP contribution >= 0.6 is 11.8 Å². The molecule has 0 atom stereocenters. The number of methoxy groups -OCH3 is 2. The van der Waals surface area contributed by atoms with Crippen LogP contribution in [0.2, 0.25) is 0 Å². The van der Waals surface area contributed by atoms with Crippen molar-refractivity contribution in [1.82, 2.24) is 0 Å². The molecular formula is C19H22NO2S+. The maximum absolute atomic E-state index is 5.29. The molecule has 0 radical (unpaired) electrons. The molecular weight excluding hydrogens is 306 g/mol. The van der Waals surface area contributed by atoms with Crippen molar-refractivity contribution in [3.05, 3.63) is 59.7 Å². The first kappa shape index (κ1) is 15.9. The Kier molecular flexibility index (Phi) is 4.91. The first-order valence-corrected chi connectivity index (χ1v) is 8.72. The van der Waals surface area contributed by atoms with Crippen LogP contribution in [0, 0.1) is 0 Å². The summed E-state index contributed by atoms with van der Waals surface area (Å²) in [4.78, 5) is 0. The quantitative estimate of drug-likeness (QED) is 0.775. The maximum Gasteiger partial charge on any atom is 0.208 e. The van der Waals surface area contributed by atoms with Gasteiger partial charge in [0.25, 0.3) is 0 Å². The number of thioether (sulfide) groups is 1. The molecule has 0 amide bonds. The van der Waals surface area contributed by atoms with Gasteiger partial charge in [-0.15, -0.1) is 0 Å². The van der Waals surface area contributed by atoms with Crippen LogP contribution in [-0.2, 0) is 0 Å². The van der Waals surface area contributed by atoms with E-state index < -0.39 is 0 Å². The maximum atomic E-state index is 5.29. The predicted molar refractivity (Wildman–Crippen MR) is 96.1 cm³/mol. The number of hydrogen-bond donors (Lipinski definition) is 0. The topological polar surface area (TPSA) is 21.5 Å². The zero-order valence-electron chi connectivity index (χ0n) is 13.8. The van der Waals surface area contributed by atoms with Crippen LogP contribution in [-0.4, -0.2) is 36.1 Å². The SMILES string of the molecule is COc1ccc(C(c2ccc(OC)cc2)[N+]2=C(C)SCC2)cc1. The van der Waals surface area contributed by atoms with Crippen molar-refractivity contribution >= 4 is 16.8 Å². The van der Waals surface area contributed by atoms with Crippen LogP contribution in [0.3, 0.4) is 0 Å². The van der Waals surface area contributed by atoms with E-state index >= 15 is 0 Å². The lowest BCUT2D eigenvalue weighted by molar-refractivity contribution is -0.553. The van der Waals surface area contributed by atoms with Crippen molar-refractivity contribution in [1.29, 1.82) is 0 Å². The van der Waals surface area contributed by atoms with E-state index in [-0.39, 0.29) is 6.04 Å². The van der Waals surface area contributed by atoms with Crippen molar-refractivity contribution in [3.8, 4) is 11.5 Å². The number of rotatable bonds is 5. The van der Waals surface area contributed by atoms with Gasteiger partial charge in [-0.1, -0.05) is 11.8 Å². The van der Waals surface area contributed by atoms with Gasteiger partial charge in [0.2, 0.25) is 11.1 Å². The lowest BCUT2D eigenvalue weighted by atomic mass is 9.97. The Balaban J connectivity index is 2.03. The Bertz CT molecular complexity index is 645. The molecule has 0 aliphatic carbocycles. The van der Waals surface area contributed by atoms with Crippen LogP contribution in [0.4, 0.5) is 0 Å². The molecule has 3 rings (SSSR count). The molecule has 0 unspecified atom stereocenters. The van der Waals surface area contributed by atoms with Gasteiger partial charge in [0.05, 0.1) is 20.0 Å². The minimum absolute atomic E-state index is 0.224. The van der Waals surface area contributed by atoms with Crippen molar-refractivity contribution in [2.45, 2.75) is 13.0 Å². The second kappa shape index (κ2) is 7.09. The van der Waals surface area contributed by atoms with Gasteiger partial charge in [-0.05, 0) is 48.5 Å². The molecule has 23 heavy (non-hydrogen) atoms. The fourth-order valence-electron chi connectivity index (χ4n) is 2.97. The molecule has 0 fully saturated rings. The zero-order valence-corrected chi connectivity index (χ0v) is 14.6. The van der Waals surface area contributed by atoms with Crippen molar-refractivity contribution in [2.75, 3.05) is 26.5 Å². The lowest BCUT2D eigenvalue weighted by Crippen LogP contribution is -2.21. The van der Waals surface area contributed by atoms with E-state index in [0.29, 0.717) is 0 Å². The highest BCUT2D eigenvalue weighted by Gasteiger charge is 2.31. The third-order valence-corrected chi connectivity index (χ3v) is 5.26.